The van der Waals surface area contributed by atoms with Crippen molar-refractivity contribution in [3.63, 3.8) is 0 Å². The first-order valence-corrected chi connectivity index (χ1v) is 9.39. The van der Waals surface area contributed by atoms with Gasteiger partial charge in [0.2, 0.25) is 0 Å². The lowest BCUT2D eigenvalue weighted by molar-refractivity contribution is -0.384. The SMILES string of the molecule is COC(=O)c1cc([N+](=O)[O-])c(N2CCC(N(C)c3ccccc3)CC2)cc1Cl. The van der Waals surface area contributed by atoms with Crippen LogP contribution in [0.3, 0.4) is 0 Å². The lowest BCUT2D eigenvalue weighted by Gasteiger charge is -2.38. The van der Waals surface area contributed by atoms with E-state index >= 15 is 0 Å². The van der Waals surface area contributed by atoms with Gasteiger partial charge in [-0.1, -0.05) is 29.8 Å². The average molecular weight is 404 g/mol. The highest BCUT2D eigenvalue weighted by atomic mass is 35.5. The van der Waals surface area contributed by atoms with E-state index in [1.54, 1.807) is 0 Å². The third kappa shape index (κ3) is 4.04. The van der Waals surface area contributed by atoms with Crippen molar-refractivity contribution in [3.05, 3.63) is 63.2 Å². The van der Waals surface area contributed by atoms with Crippen LogP contribution in [0.15, 0.2) is 42.5 Å². The molecule has 0 aliphatic carbocycles. The van der Waals surface area contributed by atoms with Crippen LogP contribution < -0.4 is 9.80 Å². The van der Waals surface area contributed by atoms with Gasteiger partial charge in [-0.15, -0.1) is 0 Å². The average Bonchev–Trinajstić information content (AvgIpc) is 2.73. The van der Waals surface area contributed by atoms with Crippen LogP contribution in [0, 0.1) is 10.1 Å². The van der Waals surface area contributed by atoms with E-state index < -0.39 is 10.9 Å². The Kier molecular flexibility index (Phi) is 6.04. The molecule has 0 spiro atoms. The Hall–Kier alpha value is -2.80. The number of para-hydroxylation sites is 1. The van der Waals surface area contributed by atoms with Crippen LogP contribution in [0.1, 0.15) is 23.2 Å². The van der Waals surface area contributed by atoms with Gasteiger partial charge in [-0.2, -0.15) is 0 Å². The second-order valence-electron chi connectivity index (χ2n) is 6.73. The third-order valence-electron chi connectivity index (χ3n) is 5.18. The van der Waals surface area contributed by atoms with Gasteiger partial charge in [0.1, 0.15) is 5.69 Å². The van der Waals surface area contributed by atoms with E-state index in [2.05, 4.69) is 28.8 Å². The molecule has 0 N–H and O–H groups in total. The number of esters is 1. The van der Waals surface area contributed by atoms with E-state index in [1.807, 2.05) is 23.1 Å². The van der Waals surface area contributed by atoms with Crippen molar-refractivity contribution < 1.29 is 14.5 Å². The van der Waals surface area contributed by atoms with Gasteiger partial charge in [0.15, 0.2) is 0 Å². The van der Waals surface area contributed by atoms with Crippen LogP contribution in [0.2, 0.25) is 5.02 Å². The van der Waals surface area contributed by atoms with Crippen molar-refractivity contribution in [1.29, 1.82) is 0 Å². The molecule has 148 valence electrons. The highest BCUT2D eigenvalue weighted by Crippen LogP contribution is 2.36. The Labute approximate surface area is 168 Å². The molecule has 8 heteroatoms. The number of carbonyl (C=O) groups is 1. The number of nitro groups is 1. The van der Waals surface area contributed by atoms with Gasteiger partial charge in [-0.25, -0.2) is 4.79 Å². The van der Waals surface area contributed by atoms with Crippen LogP contribution in [-0.2, 0) is 4.74 Å². The number of nitrogens with zero attached hydrogens (tertiary/aromatic N) is 3. The molecule has 0 amide bonds. The predicted octanol–water partition coefficient (Wildman–Crippen LogP) is 4.14. The maximum absolute atomic E-state index is 11.8. The lowest BCUT2D eigenvalue weighted by Crippen LogP contribution is -2.43. The number of rotatable bonds is 5. The Bertz CT molecular complexity index is 867. The second kappa shape index (κ2) is 8.48. The molecule has 0 unspecified atom stereocenters. The maximum Gasteiger partial charge on any atom is 0.339 e. The van der Waals surface area contributed by atoms with E-state index in [4.69, 9.17) is 11.6 Å². The largest absolute Gasteiger partial charge is 0.465 e. The first-order chi connectivity index (χ1) is 13.4. The molecule has 1 heterocycles. The molecule has 0 saturated carbocycles. The van der Waals surface area contributed by atoms with Gasteiger partial charge < -0.3 is 14.5 Å². The zero-order chi connectivity index (χ0) is 20.3. The van der Waals surface area contributed by atoms with Gasteiger partial charge in [0.05, 0.1) is 22.6 Å². The van der Waals surface area contributed by atoms with Crippen LogP contribution >= 0.6 is 11.6 Å². The second-order valence-corrected chi connectivity index (χ2v) is 7.14. The molecule has 1 fully saturated rings. The zero-order valence-electron chi connectivity index (χ0n) is 15.8. The summed E-state index contributed by atoms with van der Waals surface area (Å²) in [6.45, 7) is 1.33. The normalized spacial score (nSPS) is 14.6. The van der Waals surface area contributed by atoms with E-state index in [-0.39, 0.29) is 16.3 Å². The molecule has 2 aromatic rings. The van der Waals surface area contributed by atoms with E-state index in [0.29, 0.717) is 24.8 Å². The molecule has 7 nitrogen and oxygen atoms in total. The van der Waals surface area contributed by atoms with Gasteiger partial charge >= 0.3 is 5.97 Å². The topological polar surface area (TPSA) is 75.9 Å². The molecular formula is C20H22ClN3O4. The fourth-order valence-corrected chi connectivity index (χ4v) is 3.82. The Balaban J connectivity index is 1.79. The molecule has 1 aliphatic rings. The molecule has 0 radical (unpaired) electrons. The summed E-state index contributed by atoms with van der Waals surface area (Å²) in [6.07, 6.45) is 1.72. The monoisotopic (exact) mass is 403 g/mol. The number of nitro benzene ring substituents is 1. The minimum atomic E-state index is -0.692. The standard InChI is InChI=1S/C20H22ClN3O4/c1-22(14-6-4-3-5-7-14)15-8-10-23(11-9-15)18-13-17(21)16(20(25)28-2)12-19(18)24(26)27/h3-7,12-13,15H,8-11H2,1-2H3. The number of hydrogen-bond donors (Lipinski definition) is 0. The molecule has 1 saturated heterocycles. The number of anilines is 2. The minimum Gasteiger partial charge on any atom is -0.465 e. The molecule has 2 aromatic carbocycles. The van der Waals surface area contributed by atoms with Gasteiger partial charge in [0, 0.05) is 37.9 Å². The number of carbonyl (C=O) groups excluding carboxylic acids is 1. The molecule has 0 aromatic heterocycles. The van der Waals surface area contributed by atoms with Gasteiger partial charge in [0.25, 0.3) is 5.69 Å². The summed E-state index contributed by atoms with van der Waals surface area (Å²) in [5.41, 5.74) is 1.44. The summed E-state index contributed by atoms with van der Waals surface area (Å²) >= 11 is 6.20. The summed E-state index contributed by atoms with van der Waals surface area (Å²) < 4.78 is 4.65. The van der Waals surface area contributed by atoms with Crippen molar-refractivity contribution in [2.75, 3.05) is 37.0 Å². The van der Waals surface area contributed by atoms with Crippen LogP contribution in [0.4, 0.5) is 17.1 Å². The summed E-state index contributed by atoms with van der Waals surface area (Å²) in [6, 6.07) is 13.2. The Morgan fingerprint density at radius 1 is 1.25 bits per heavy atom. The third-order valence-corrected chi connectivity index (χ3v) is 5.50. The highest BCUT2D eigenvalue weighted by Gasteiger charge is 2.29. The van der Waals surface area contributed by atoms with Crippen LogP contribution in [0.25, 0.3) is 0 Å². The Morgan fingerprint density at radius 2 is 1.89 bits per heavy atom. The van der Waals surface area contributed by atoms with Crippen molar-refractivity contribution in [2.45, 2.75) is 18.9 Å². The number of methoxy groups -OCH3 is 1. The molecule has 3 rings (SSSR count). The van der Waals surface area contributed by atoms with Gasteiger partial charge in [-0.3, -0.25) is 10.1 Å². The Morgan fingerprint density at radius 3 is 2.46 bits per heavy atom. The number of benzene rings is 2. The highest BCUT2D eigenvalue weighted by molar-refractivity contribution is 6.34. The first-order valence-electron chi connectivity index (χ1n) is 9.01. The number of halogens is 1. The van der Waals surface area contributed by atoms with Crippen LogP contribution in [0.5, 0.6) is 0 Å². The fraction of sp³-hybridized carbons (Fsp3) is 0.350. The van der Waals surface area contributed by atoms with E-state index in [0.717, 1.165) is 18.5 Å². The maximum atomic E-state index is 11.8. The predicted molar refractivity (Wildman–Crippen MR) is 110 cm³/mol. The van der Waals surface area contributed by atoms with Crippen molar-refractivity contribution in [2.24, 2.45) is 0 Å². The quantitative estimate of drug-likeness (QED) is 0.424. The summed E-state index contributed by atoms with van der Waals surface area (Å²) in [5.74, 6) is -0.692. The van der Waals surface area contributed by atoms with E-state index in [1.165, 1.54) is 19.2 Å². The minimum absolute atomic E-state index is 0.00156. The van der Waals surface area contributed by atoms with E-state index in [9.17, 15) is 14.9 Å². The lowest BCUT2D eigenvalue weighted by atomic mass is 10.0. The number of ether oxygens (including phenoxy) is 1. The smallest absolute Gasteiger partial charge is 0.339 e. The summed E-state index contributed by atoms with van der Waals surface area (Å²) in [4.78, 5) is 27.1. The van der Waals surface area contributed by atoms with Crippen molar-refractivity contribution >= 4 is 34.6 Å². The van der Waals surface area contributed by atoms with Crippen molar-refractivity contribution in [3.8, 4) is 0 Å². The van der Waals surface area contributed by atoms with Gasteiger partial charge in [-0.05, 0) is 31.0 Å². The molecule has 0 atom stereocenters. The molecule has 1 aliphatic heterocycles. The first kappa shape index (κ1) is 19.9. The molecular weight excluding hydrogens is 382 g/mol. The number of piperidine rings is 1. The molecule has 28 heavy (non-hydrogen) atoms. The summed E-state index contributed by atoms with van der Waals surface area (Å²) in [7, 11) is 3.28. The zero-order valence-corrected chi connectivity index (χ0v) is 16.6. The van der Waals surface area contributed by atoms with Crippen LogP contribution in [-0.4, -0.2) is 44.2 Å². The van der Waals surface area contributed by atoms with Crippen molar-refractivity contribution in [1.82, 2.24) is 0 Å². The molecule has 0 bridgehead atoms. The summed E-state index contributed by atoms with van der Waals surface area (Å²) in [5, 5.41) is 11.7. The number of hydrogen-bond acceptors (Lipinski definition) is 6. The fourth-order valence-electron chi connectivity index (χ4n) is 3.59.